The normalized spacial score (nSPS) is 11.7. The van der Waals surface area contributed by atoms with Crippen LogP contribution in [0.3, 0.4) is 0 Å². The van der Waals surface area contributed by atoms with E-state index in [1.807, 2.05) is 91.2 Å². The first-order chi connectivity index (χ1) is 17.2. The van der Waals surface area contributed by atoms with E-state index >= 15 is 0 Å². The predicted octanol–water partition coefficient (Wildman–Crippen LogP) is 6.91. The van der Waals surface area contributed by atoms with E-state index in [0.717, 1.165) is 41.1 Å². The Morgan fingerprint density at radius 1 is 0.914 bits per heavy atom. The first kappa shape index (κ1) is 24.3. The molecule has 0 spiro atoms. The minimum atomic E-state index is -0.124. The van der Waals surface area contributed by atoms with Crippen LogP contribution in [0.15, 0.2) is 84.9 Å². The van der Waals surface area contributed by atoms with Crippen molar-refractivity contribution in [2.45, 2.75) is 46.2 Å². The summed E-state index contributed by atoms with van der Waals surface area (Å²) < 4.78 is 7.75. The number of carbonyl (C=O) groups excluding carboxylic acids is 1. The molecular formula is C30H33N3O2. The van der Waals surface area contributed by atoms with Crippen molar-refractivity contribution in [1.29, 1.82) is 0 Å². The number of amides is 1. The topological polar surface area (TPSA) is 56.1 Å². The van der Waals surface area contributed by atoms with Crippen molar-refractivity contribution in [1.82, 2.24) is 14.9 Å². The van der Waals surface area contributed by atoms with Gasteiger partial charge >= 0.3 is 0 Å². The van der Waals surface area contributed by atoms with Crippen LogP contribution in [0.25, 0.3) is 22.6 Å². The molecule has 1 unspecified atom stereocenters. The van der Waals surface area contributed by atoms with Crippen molar-refractivity contribution < 1.29 is 9.53 Å². The third kappa shape index (κ3) is 5.46. The lowest BCUT2D eigenvalue weighted by molar-refractivity contribution is 0.0926. The Balaban J connectivity index is 1.83. The van der Waals surface area contributed by atoms with E-state index in [1.54, 1.807) is 0 Å². The number of imidazole rings is 1. The molecule has 0 bridgehead atoms. The summed E-state index contributed by atoms with van der Waals surface area (Å²) in [6, 6.07) is 27.9. The fraction of sp³-hybridized carbons (Fsp3) is 0.267. The van der Waals surface area contributed by atoms with Crippen LogP contribution in [0.5, 0.6) is 5.75 Å². The van der Waals surface area contributed by atoms with Gasteiger partial charge in [0.1, 0.15) is 23.0 Å². The highest BCUT2D eigenvalue weighted by atomic mass is 16.5. The molecule has 1 N–H and O–H groups in total. The maximum absolute atomic E-state index is 13.9. The van der Waals surface area contributed by atoms with E-state index in [-0.39, 0.29) is 11.9 Å². The fourth-order valence-electron chi connectivity index (χ4n) is 4.42. The second-order valence-corrected chi connectivity index (χ2v) is 8.43. The van der Waals surface area contributed by atoms with Gasteiger partial charge in [-0.3, -0.25) is 4.79 Å². The smallest absolute Gasteiger partial charge is 0.270 e. The van der Waals surface area contributed by atoms with Crippen LogP contribution in [0.2, 0.25) is 0 Å². The Kier molecular flexibility index (Phi) is 7.99. The number of nitrogens with zero attached hydrogens (tertiary/aromatic N) is 2. The Bertz CT molecular complexity index is 1250. The van der Waals surface area contributed by atoms with E-state index in [2.05, 4.69) is 24.4 Å². The zero-order valence-corrected chi connectivity index (χ0v) is 20.7. The Morgan fingerprint density at radius 2 is 1.60 bits per heavy atom. The summed E-state index contributed by atoms with van der Waals surface area (Å²) in [7, 11) is 0. The zero-order chi connectivity index (χ0) is 24.6. The van der Waals surface area contributed by atoms with Crippen LogP contribution >= 0.6 is 0 Å². The van der Waals surface area contributed by atoms with Crippen molar-refractivity contribution >= 4 is 5.91 Å². The van der Waals surface area contributed by atoms with E-state index in [0.29, 0.717) is 24.5 Å². The lowest BCUT2D eigenvalue weighted by Gasteiger charge is -2.20. The van der Waals surface area contributed by atoms with E-state index in [9.17, 15) is 4.79 Å². The number of hydrogen-bond donors (Lipinski definition) is 1. The van der Waals surface area contributed by atoms with Crippen molar-refractivity contribution in [2.75, 3.05) is 6.61 Å². The average molecular weight is 468 g/mol. The predicted molar refractivity (Wildman–Crippen MR) is 141 cm³/mol. The summed E-state index contributed by atoms with van der Waals surface area (Å²) in [5.41, 5.74) is 4.17. The third-order valence-corrected chi connectivity index (χ3v) is 6.03. The second kappa shape index (κ2) is 11.5. The highest BCUT2D eigenvalue weighted by molar-refractivity contribution is 6.00. The zero-order valence-electron chi connectivity index (χ0n) is 20.7. The second-order valence-electron chi connectivity index (χ2n) is 8.43. The molecule has 0 radical (unpaired) electrons. The molecule has 5 heteroatoms. The SMILES string of the molecule is CCCC(NC(=O)c1c(-c2cccc(OCC)c2)nc(-c2ccccc2)n1CC)c1ccccc1. The number of benzene rings is 3. The number of carbonyl (C=O) groups is 1. The number of rotatable bonds is 10. The lowest BCUT2D eigenvalue weighted by Crippen LogP contribution is -2.30. The van der Waals surface area contributed by atoms with Gasteiger partial charge in [0.2, 0.25) is 0 Å². The van der Waals surface area contributed by atoms with E-state index < -0.39 is 0 Å². The van der Waals surface area contributed by atoms with Gasteiger partial charge in [-0.15, -0.1) is 0 Å². The van der Waals surface area contributed by atoms with Gasteiger partial charge in [-0.05, 0) is 38.0 Å². The molecule has 1 heterocycles. The molecule has 0 aliphatic carbocycles. The third-order valence-electron chi connectivity index (χ3n) is 6.03. The molecule has 4 aromatic rings. The fourth-order valence-corrected chi connectivity index (χ4v) is 4.42. The summed E-state index contributed by atoms with van der Waals surface area (Å²) in [5.74, 6) is 1.42. The molecule has 1 aromatic heterocycles. The van der Waals surface area contributed by atoms with Gasteiger partial charge in [0.25, 0.3) is 5.91 Å². The minimum Gasteiger partial charge on any atom is -0.494 e. The molecular weight excluding hydrogens is 434 g/mol. The molecule has 0 saturated heterocycles. The number of hydrogen-bond acceptors (Lipinski definition) is 3. The lowest BCUT2D eigenvalue weighted by atomic mass is 10.0. The molecule has 180 valence electrons. The van der Waals surface area contributed by atoms with Gasteiger partial charge in [0.05, 0.1) is 12.6 Å². The summed E-state index contributed by atoms with van der Waals surface area (Å²) in [4.78, 5) is 18.9. The van der Waals surface area contributed by atoms with Gasteiger partial charge in [-0.1, -0.05) is 86.1 Å². The Morgan fingerprint density at radius 3 is 2.26 bits per heavy atom. The maximum atomic E-state index is 13.9. The van der Waals surface area contributed by atoms with Crippen molar-refractivity contribution in [3.05, 3.63) is 96.2 Å². The largest absolute Gasteiger partial charge is 0.494 e. The number of ether oxygens (including phenoxy) is 1. The van der Waals surface area contributed by atoms with Crippen molar-refractivity contribution in [3.8, 4) is 28.4 Å². The molecule has 1 amide bonds. The minimum absolute atomic E-state index is 0.0725. The summed E-state index contributed by atoms with van der Waals surface area (Å²) in [5, 5.41) is 3.31. The summed E-state index contributed by atoms with van der Waals surface area (Å²) in [6.45, 7) is 7.34. The first-order valence-electron chi connectivity index (χ1n) is 12.4. The van der Waals surface area contributed by atoms with Gasteiger partial charge in [0.15, 0.2) is 0 Å². The molecule has 0 fully saturated rings. The monoisotopic (exact) mass is 467 g/mol. The highest BCUT2D eigenvalue weighted by Crippen LogP contribution is 2.32. The van der Waals surface area contributed by atoms with Crippen molar-refractivity contribution in [3.63, 3.8) is 0 Å². The molecule has 4 rings (SSSR count). The van der Waals surface area contributed by atoms with Crippen LogP contribution in [-0.4, -0.2) is 22.1 Å². The van der Waals surface area contributed by atoms with Crippen LogP contribution in [0.4, 0.5) is 0 Å². The van der Waals surface area contributed by atoms with Crippen LogP contribution in [0, 0.1) is 0 Å². The number of aromatic nitrogens is 2. The van der Waals surface area contributed by atoms with Crippen LogP contribution in [0.1, 0.15) is 55.7 Å². The van der Waals surface area contributed by atoms with Crippen LogP contribution < -0.4 is 10.1 Å². The molecule has 0 aliphatic heterocycles. The maximum Gasteiger partial charge on any atom is 0.270 e. The standard InChI is InChI=1S/C30H33N3O2/c1-4-14-26(22-15-9-7-10-16-22)31-30(34)28-27(24-19-13-20-25(21-24)35-6-3)32-29(33(28)5-2)23-17-11-8-12-18-23/h7-13,15-21,26H,4-6,14H2,1-3H3,(H,31,34). The van der Waals surface area contributed by atoms with E-state index in [1.165, 1.54) is 0 Å². The molecule has 3 aromatic carbocycles. The first-order valence-corrected chi connectivity index (χ1v) is 12.4. The molecule has 1 atom stereocenters. The van der Waals surface area contributed by atoms with Crippen molar-refractivity contribution in [2.24, 2.45) is 0 Å². The number of nitrogens with one attached hydrogen (secondary N) is 1. The summed E-state index contributed by atoms with van der Waals surface area (Å²) in [6.07, 6.45) is 1.82. The average Bonchev–Trinajstić information content (AvgIpc) is 3.30. The molecule has 35 heavy (non-hydrogen) atoms. The highest BCUT2D eigenvalue weighted by Gasteiger charge is 2.26. The van der Waals surface area contributed by atoms with Gasteiger partial charge in [-0.25, -0.2) is 4.98 Å². The molecule has 0 aliphatic rings. The Labute approximate surface area is 207 Å². The van der Waals surface area contributed by atoms with Crippen LogP contribution in [-0.2, 0) is 6.54 Å². The Hall–Kier alpha value is -3.86. The molecule has 5 nitrogen and oxygen atoms in total. The van der Waals surface area contributed by atoms with Gasteiger partial charge in [-0.2, -0.15) is 0 Å². The quantitative estimate of drug-likeness (QED) is 0.276. The summed E-state index contributed by atoms with van der Waals surface area (Å²) >= 11 is 0. The molecule has 0 saturated carbocycles. The van der Waals surface area contributed by atoms with Gasteiger partial charge in [0, 0.05) is 17.7 Å². The van der Waals surface area contributed by atoms with E-state index in [4.69, 9.17) is 9.72 Å². The van der Waals surface area contributed by atoms with Gasteiger partial charge < -0.3 is 14.6 Å².